The van der Waals surface area contributed by atoms with Crippen molar-refractivity contribution in [1.82, 2.24) is 14.5 Å². The van der Waals surface area contributed by atoms with Gasteiger partial charge in [-0.05, 0) is 45.7 Å². The Hall–Kier alpha value is -1.79. The van der Waals surface area contributed by atoms with Gasteiger partial charge in [0.2, 0.25) is 0 Å². The van der Waals surface area contributed by atoms with Crippen LogP contribution in [0.4, 0.5) is 0 Å². The third kappa shape index (κ3) is 3.36. The Kier molecular flexibility index (Phi) is 3.64. The molecule has 2 aromatic heterocycles. The van der Waals surface area contributed by atoms with Gasteiger partial charge in [-0.2, -0.15) is 0 Å². The van der Waals surface area contributed by atoms with E-state index < -0.39 is 0 Å². The summed E-state index contributed by atoms with van der Waals surface area (Å²) >= 11 is 5.82. The molecule has 2 heterocycles. The first-order valence-electron chi connectivity index (χ1n) is 6.06. The number of nitrogens with zero attached hydrogens (tertiary/aromatic N) is 3. The molecule has 2 rings (SSSR count). The highest BCUT2D eigenvalue weighted by molar-refractivity contribution is 6.29. The van der Waals surface area contributed by atoms with Crippen LogP contribution in [-0.2, 0) is 5.54 Å². The minimum atomic E-state index is 0.0109. The fourth-order valence-electron chi connectivity index (χ4n) is 1.83. The van der Waals surface area contributed by atoms with Gasteiger partial charge >= 0.3 is 0 Å². The van der Waals surface area contributed by atoms with Crippen LogP contribution in [0.3, 0.4) is 0 Å². The van der Waals surface area contributed by atoms with Crippen molar-refractivity contribution in [2.75, 3.05) is 0 Å². The fraction of sp³-hybridized carbons (Fsp3) is 0.333. The number of hydrogen-bond donors (Lipinski definition) is 0. The maximum Gasteiger partial charge on any atom is 0.131 e. The Labute approximate surface area is 118 Å². The van der Waals surface area contributed by atoms with Gasteiger partial charge in [0.1, 0.15) is 16.7 Å². The molecule has 0 aliphatic heterocycles. The van der Waals surface area contributed by atoms with E-state index >= 15 is 0 Å². The van der Waals surface area contributed by atoms with Gasteiger partial charge in [-0.1, -0.05) is 17.5 Å². The largest absolute Gasteiger partial charge is 0.329 e. The number of aromatic nitrogens is 3. The van der Waals surface area contributed by atoms with E-state index in [2.05, 4.69) is 47.1 Å². The van der Waals surface area contributed by atoms with Gasteiger partial charge in [0.05, 0.1) is 0 Å². The van der Waals surface area contributed by atoms with Crippen LogP contribution in [0.25, 0.3) is 0 Å². The van der Waals surface area contributed by atoms with E-state index in [0.29, 0.717) is 5.15 Å². The fourth-order valence-corrected chi connectivity index (χ4v) is 2.00. The SMILES string of the molecule is Cc1nc(C#Cc2ccnc(Cl)c2)cn1C(C)(C)C. The zero-order valence-corrected chi connectivity index (χ0v) is 12.3. The molecule has 0 radical (unpaired) electrons. The van der Waals surface area contributed by atoms with Crippen molar-refractivity contribution in [2.24, 2.45) is 0 Å². The zero-order valence-electron chi connectivity index (χ0n) is 11.5. The Bertz CT molecular complexity index is 654. The smallest absolute Gasteiger partial charge is 0.131 e. The van der Waals surface area contributed by atoms with Crippen LogP contribution in [0, 0.1) is 18.8 Å². The molecular formula is C15H16ClN3. The Morgan fingerprint density at radius 1 is 1.26 bits per heavy atom. The summed E-state index contributed by atoms with van der Waals surface area (Å²) in [4.78, 5) is 8.38. The lowest BCUT2D eigenvalue weighted by Crippen LogP contribution is -2.22. The van der Waals surface area contributed by atoms with E-state index in [1.807, 2.05) is 19.2 Å². The second-order valence-electron chi connectivity index (χ2n) is 5.33. The molecule has 0 saturated heterocycles. The molecule has 0 aromatic carbocycles. The van der Waals surface area contributed by atoms with Crippen LogP contribution in [0.5, 0.6) is 0 Å². The van der Waals surface area contributed by atoms with Crippen LogP contribution >= 0.6 is 11.6 Å². The molecule has 0 fully saturated rings. The standard InChI is InChI=1S/C15H16ClN3/c1-11-18-13(10-19(11)15(2,3)4)6-5-12-7-8-17-14(16)9-12/h7-10H,1-4H3. The highest BCUT2D eigenvalue weighted by atomic mass is 35.5. The van der Waals surface area contributed by atoms with Crippen molar-refractivity contribution >= 4 is 11.6 Å². The lowest BCUT2D eigenvalue weighted by Gasteiger charge is -2.21. The van der Waals surface area contributed by atoms with Crippen molar-refractivity contribution in [3.05, 3.63) is 46.8 Å². The molecule has 0 aliphatic carbocycles. The lowest BCUT2D eigenvalue weighted by molar-refractivity contribution is 0.388. The minimum Gasteiger partial charge on any atom is -0.329 e. The summed E-state index contributed by atoms with van der Waals surface area (Å²) in [5.74, 6) is 7.06. The number of imidazole rings is 1. The third-order valence-corrected chi connectivity index (χ3v) is 2.87. The van der Waals surface area contributed by atoms with Gasteiger partial charge in [-0.15, -0.1) is 0 Å². The van der Waals surface area contributed by atoms with Crippen molar-refractivity contribution in [3.63, 3.8) is 0 Å². The van der Waals surface area contributed by atoms with Crippen LogP contribution in [0.15, 0.2) is 24.5 Å². The maximum atomic E-state index is 5.82. The lowest BCUT2D eigenvalue weighted by atomic mass is 10.1. The first-order chi connectivity index (χ1) is 8.86. The van der Waals surface area contributed by atoms with Gasteiger partial charge in [0, 0.05) is 23.5 Å². The van der Waals surface area contributed by atoms with E-state index in [9.17, 15) is 0 Å². The Balaban J connectivity index is 2.31. The summed E-state index contributed by atoms with van der Waals surface area (Å²) in [7, 11) is 0. The van der Waals surface area contributed by atoms with Crippen LogP contribution in [-0.4, -0.2) is 14.5 Å². The van der Waals surface area contributed by atoms with E-state index in [0.717, 1.165) is 17.1 Å². The van der Waals surface area contributed by atoms with E-state index in [1.54, 1.807) is 12.3 Å². The molecular weight excluding hydrogens is 258 g/mol. The van der Waals surface area contributed by atoms with Crippen molar-refractivity contribution < 1.29 is 0 Å². The van der Waals surface area contributed by atoms with Gasteiger partial charge in [0.25, 0.3) is 0 Å². The Morgan fingerprint density at radius 3 is 2.58 bits per heavy atom. The number of halogens is 1. The topological polar surface area (TPSA) is 30.7 Å². The highest BCUT2D eigenvalue weighted by Gasteiger charge is 2.15. The first-order valence-corrected chi connectivity index (χ1v) is 6.44. The molecule has 0 bridgehead atoms. The predicted octanol–water partition coefficient (Wildman–Crippen LogP) is 3.39. The summed E-state index contributed by atoms with van der Waals surface area (Å²) in [6.07, 6.45) is 3.62. The first kappa shape index (κ1) is 13.6. The summed E-state index contributed by atoms with van der Waals surface area (Å²) in [6.45, 7) is 8.41. The second kappa shape index (κ2) is 5.07. The minimum absolute atomic E-state index is 0.0109. The van der Waals surface area contributed by atoms with Crippen molar-refractivity contribution in [3.8, 4) is 11.8 Å². The molecule has 19 heavy (non-hydrogen) atoms. The zero-order chi connectivity index (χ0) is 14.0. The summed E-state index contributed by atoms with van der Waals surface area (Å²) < 4.78 is 2.12. The van der Waals surface area contributed by atoms with Gasteiger partial charge in [-0.3, -0.25) is 0 Å². The van der Waals surface area contributed by atoms with Crippen molar-refractivity contribution in [2.45, 2.75) is 33.2 Å². The van der Waals surface area contributed by atoms with E-state index in [4.69, 9.17) is 11.6 Å². The Morgan fingerprint density at radius 2 is 2.00 bits per heavy atom. The molecule has 4 heteroatoms. The third-order valence-electron chi connectivity index (χ3n) is 2.67. The molecule has 0 unspecified atom stereocenters. The molecule has 0 atom stereocenters. The summed E-state index contributed by atoms with van der Waals surface area (Å²) in [5.41, 5.74) is 1.61. The van der Waals surface area contributed by atoms with E-state index in [-0.39, 0.29) is 5.54 Å². The summed E-state index contributed by atoms with van der Waals surface area (Å²) in [6, 6.07) is 3.56. The quantitative estimate of drug-likeness (QED) is 0.544. The van der Waals surface area contributed by atoms with Gasteiger partial charge < -0.3 is 4.57 Å². The molecule has 0 aliphatic rings. The number of aryl methyl sites for hydroxylation is 1. The van der Waals surface area contributed by atoms with Gasteiger partial charge in [-0.25, -0.2) is 9.97 Å². The molecule has 0 amide bonds. The van der Waals surface area contributed by atoms with Crippen LogP contribution in [0.1, 0.15) is 37.9 Å². The number of pyridine rings is 1. The van der Waals surface area contributed by atoms with Gasteiger partial charge in [0.15, 0.2) is 0 Å². The number of rotatable bonds is 0. The monoisotopic (exact) mass is 273 g/mol. The van der Waals surface area contributed by atoms with E-state index in [1.165, 1.54) is 0 Å². The average molecular weight is 274 g/mol. The maximum absolute atomic E-state index is 5.82. The number of hydrogen-bond acceptors (Lipinski definition) is 2. The molecule has 3 nitrogen and oxygen atoms in total. The molecule has 0 N–H and O–H groups in total. The van der Waals surface area contributed by atoms with Crippen LogP contribution < -0.4 is 0 Å². The highest BCUT2D eigenvalue weighted by Crippen LogP contribution is 2.17. The van der Waals surface area contributed by atoms with Crippen molar-refractivity contribution in [1.29, 1.82) is 0 Å². The molecule has 2 aromatic rings. The normalized spacial score (nSPS) is 11.0. The average Bonchev–Trinajstić information content (AvgIpc) is 2.68. The predicted molar refractivity (Wildman–Crippen MR) is 77.2 cm³/mol. The second-order valence-corrected chi connectivity index (χ2v) is 5.72. The molecule has 0 spiro atoms. The molecule has 98 valence electrons. The molecule has 0 saturated carbocycles. The summed E-state index contributed by atoms with van der Waals surface area (Å²) in [5, 5.41) is 0.447. The van der Waals surface area contributed by atoms with Crippen LogP contribution in [0.2, 0.25) is 5.15 Å².